The van der Waals surface area contributed by atoms with Gasteiger partial charge in [0.25, 0.3) is 5.91 Å². The maximum atomic E-state index is 12.4. The van der Waals surface area contributed by atoms with Gasteiger partial charge in [0.15, 0.2) is 5.78 Å². The Hall–Kier alpha value is -2.82. The van der Waals surface area contributed by atoms with Crippen LogP contribution in [0.5, 0.6) is 5.75 Å². The number of phenolic OH excluding ortho intramolecular Hbond substituents is 1. The number of carbonyl (C=O) groups excluding carboxylic acids is 2. The highest BCUT2D eigenvalue weighted by atomic mass is 16.3. The summed E-state index contributed by atoms with van der Waals surface area (Å²) in [6.07, 6.45) is 3.62. The SMILES string of the molecule is [B]c1cc(/C=C2\C(=O)Nc3ccc(C(=O)C4CC4)cc32)cc(C)c1O. The Balaban J connectivity index is 1.78. The van der Waals surface area contributed by atoms with Gasteiger partial charge in [-0.05, 0) is 61.2 Å². The Kier molecular flexibility index (Phi) is 3.53. The van der Waals surface area contributed by atoms with E-state index in [-0.39, 0.29) is 28.8 Å². The molecule has 2 aromatic rings. The van der Waals surface area contributed by atoms with Crippen LogP contribution >= 0.6 is 0 Å². The molecule has 1 heterocycles. The first-order valence-corrected chi connectivity index (χ1v) is 8.25. The summed E-state index contributed by atoms with van der Waals surface area (Å²) < 4.78 is 0. The fourth-order valence-corrected chi connectivity index (χ4v) is 3.15. The molecule has 1 aliphatic heterocycles. The summed E-state index contributed by atoms with van der Waals surface area (Å²) in [5.41, 5.74) is 4.19. The minimum absolute atomic E-state index is 0.0516. The summed E-state index contributed by atoms with van der Waals surface area (Å²) in [4.78, 5) is 24.7. The van der Waals surface area contributed by atoms with E-state index in [1.807, 2.05) is 0 Å². The van der Waals surface area contributed by atoms with E-state index in [4.69, 9.17) is 7.85 Å². The minimum atomic E-state index is -0.213. The Bertz CT molecular complexity index is 934. The number of amides is 1. The number of nitrogens with one attached hydrogen (secondary N) is 1. The Morgan fingerprint density at radius 3 is 2.72 bits per heavy atom. The predicted molar refractivity (Wildman–Crippen MR) is 98.2 cm³/mol. The molecular weight excluding hydrogens is 313 g/mol. The van der Waals surface area contributed by atoms with E-state index >= 15 is 0 Å². The summed E-state index contributed by atoms with van der Waals surface area (Å²) in [5.74, 6) is 0.118. The first-order valence-electron chi connectivity index (χ1n) is 8.25. The first kappa shape index (κ1) is 15.7. The van der Waals surface area contributed by atoms with Crippen molar-refractivity contribution < 1.29 is 14.7 Å². The summed E-state index contributed by atoms with van der Waals surface area (Å²) in [6.45, 7) is 1.75. The van der Waals surface area contributed by atoms with Crippen LogP contribution in [0.3, 0.4) is 0 Å². The molecule has 122 valence electrons. The van der Waals surface area contributed by atoms with Gasteiger partial charge in [-0.1, -0.05) is 11.5 Å². The number of anilines is 1. The highest BCUT2D eigenvalue weighted by Gasteiger charge is 2.32. The molecule has 2 aromatic carbocycles. The molecule has 0 atom stereocenters. The number of ketones is 1. The van der Waals surface area contributed by atoms with Gasteiger partial charge in [0.05, 0.1) is 0 Å². The Morgan fingerprint density at radius 2 is 2.04 bits per heavy atom. The minimum Gasteiger partial charge on any atom is -0.508 e. The summed E-state index contributed by atoms with van der Waals surface area (Å²) in [7, 11) is 5.80. The third kappa shape index (κ3) is 2.76. The normalized spacial score (nSPS) is 17.5. The van der Waals surface area contributed by atoms with E-state index < -0.39 is 0 Å². The molecule has 2 N–H and O–H groups in total. The third-order valence-corrected chi connectivity index (χ3v) is 4.70. The van der Waals surface area contributed by atoms with Crippen molar-refractivity contribution in [2.24, 2.45) is 5.92 Å². The van der Waals surface area contributed by atoms with E-state index in [0.717, 1.165) is 24.0 Å². The van der Waals surface area contributed by atoms with Crippen LogP contribution in [0.25, 0.3) is 11.6 Å². The van der Waals surface area contributed by atoms with E-state index in [9.17, 15) is 14.7 Å². The molecular formula is C20H16BNO3. The summed E-state index contributed by atoms with van der Waals surface area (Å²) in [6, 6.07) is 8.73. The highest BCUT2D eigenvalue weighted by molar-refractivity contribution is 6.36. The smallest absolute Gasteiger partial charge is 0.256 e. The van der Waals surface area contributed by atoms with Gasteiger partial charge in [0.2, 0.25) is 0 Å². The van der Waals surface area contributed by atoms with Crippen molar-refractivity contribution in [3.63, 3.8) is 0 Å². The second-order valence-corrected chi connectivity index (χ2v) is 6.69. The number of aryl methyl sites for hydroxylation is 1. The van der Waals surface area contributed by atoms with Crippen LogP contribution in [-0.2, 0) is 4.79 Å². The Morgan fingerprint density at radius 1 is 1.28 bits per heavy atom. The number of hydrogen-bond acceptors (Lipinski definition) is 3. The summed E-state index contributed by atoms with van der Waals surface area (Å²) >= 11 is 0. The molecule has 2 aliphatic rings. The lowest BCUT2D eigenvalue weighted by atomic mass is 9.90. The fourth-order valence-electron chi connectivity index (χ4n) is 3.15. The van der Waals surface area contributed by atoms with Gasteiger partial charge in [0, 0.05) is 28.3 Å². The monoisotopic (exact) mass is 329 g/mol. The van der Waals surface area contributed by atoms with E-state index in [2.05, 4.69) is 5.32 Å². The van der Waals surface area contributed by atoms with Gasteiger partial charge in [-0.3, -0.25) is 9.59 Å². The van der Waals surface area contributed by atoms with Gasteiger partial charge in [-0.2, -0.15) is 0 Å². The molecule has 0 spiro atoms. The van der Waals surface area contributed by atoms with Gasteiger partial charge in [-0.25, -0.2) is 0 Å². The van der Waals surface area contributed by atoms with Gasteiger partial charge < -0.3 is 10.4 Å². The first-order chi connectivity index (χ1) is 11.9. The number of hydrogen-bond donors (Lipinski definition) is 2. The van der Waals surface area contributed by atoms with E-state index in [1.165, 1.54) is 0 Å². The maximum Gasteiger partial charge on any atom is 0.256 e. The lowest BCUT2D eigenvalue weighted by Crippen LogP contribution is -2.06. The van der Waals surface area contributed by atoms with Crippen molar-refractivity contribution in [3.05, 3.63) is 52.6 Å². The molecule has 0 saturated heterocycles. The largest absolute Gasteiger partial charge is 0.508 e. The zero-order valence-corrected chi connectivity index (χ0v) is 13.8. The molecule has 1 amide bonds. The van der Waals surface area contributed by atoms with E-state index in [1.54, 1.807) is 43.3 Å². The standard InChI is InChI=1S/C20H16BNO3/c1-10-6-11(8-16(21)18(10)23)7-15-14-9-13(19(24)12-2-3-12)4-5-17(14)22-20(15)25/h4-9,12,23H,2-3H2,1H3,(H,22,25)/b15-7-. The topological polar surface area (TPSA) is 66.4 Å². The van der Waals surface area contributed by atoms with Gasteiger partial charge in [-0.15, -0.1) is 0 Å². The van der Waals surface area contributed by atoms with Crippen molar-refractivity contribution in [1.29, 1.82) is 0 Å². The van der Waals surface area contributed by atoms with Crippen molar-refractivity contribution in [2.75, 3.05) is 5.32 Å². The number of rotatable bonds is 3. The van der Waals surface area contributed by atoms with Crippen LogP contribution in [0, 0.1) is 12.8 Å². The molecule has 25 heavy (non-hydrogen) atoms. The molecule has 4 nitrogen and oxygen atoms in total. The molecule has 5 heteroatoms. The molecule has 1 saturated carbocycles. The van der Waals surface area contributed by atoms with Crippen molar-refractivity contribution in [1.82, 2.24) is 0 Å². The Labute approximate surface area is 147 Å². The van der Waals surface area contributed by atoms with Gasteiger partial charge in [0.1, 0.15) is 13.6 Å². The van der Waals surface area contributed by atoms with Gasteiger partial charge >= 0.3 is 0 Å². The van der Waals surface area contributed by atoms with Crippen LogP contribution in [-0.4, -0.2) is 24.6 Å². The predicted octanol–water partition coefficient (Wildman–Crippen LogP) is 2.58. The molecule has 1 aliphatic carbocycles. The van der Waals surface area contributed by atoms with Crippen LogP contribution in [0.1, 0.15) is 39.9 Å². The van der Waals surface area contributed by atoms with Crippen molar-refractivity contribution in [2.45, 2.75) is 19.8 Å². The van der Waals surface area contributed by atoms with E-state index in [0.29, 0.717) is 22.4 Å². The van der Waals surface area contributed by atoms with Crippen molar-refractivity contribution >= 4 is 42.3 Å². The quantitative estimate of drug-likeness (QED) is 0.517. The zero-order chi connectivity index (χ0) is 17.7. The number of phenols is 1. The molecule has 0 bridgehead atoms. The maximum absolute atomic E-state index is 12.4. The lowest BCUT2D eigenvalue weighted by molar-refractivity contribution is -0.110. The van der Waals surface area contributed by atoms with Crippen LogP contribution in [0.4, 0.5) is 5.69 Å². The fraction of sp³-hybridized carbons (Fsp3) is 0.200. The summed E-state index contributed by atoms with van der Waals surface area (Å²) in [5, 5.41) is 12.6. The number of carbonyl (C=O) groups is 2. The number of Topliss-reactive ketones (excluding diaryl/α,β-unsaturated/α-hetero) is 1. The second-order valence-electron chi connectivity index (χ2n) is 6.69. The molecule has 0 aromatic heterocycles. The molecule has 1 fully saturated rings. The number of benzene rings is 2. The van der Waals surface area contributed by atoms with Crippen LogP contribution in [0.2, 0.25) is 0 Å². The average Bonchev–Trinajstić information content (AvgIpc) is 3.38. The van der Waals surface area contributed by atoms with Crippen LogP contribution < -0.4 is 10.8 Å². The lowest BCUT2D eigenvalue weighted by Gasteiger charge is -2.07. The number of aromatic hydroxyl groups is 1. The van der Waals surface area contributed by atoms with Crippen molar-refractivity contribution in [3.8, 4) is 5.75 Å². The zero-order valence-electron chi connectivity index (χ0n) is 13.8. The molecule has 2 radical (unpaired) electrons. The second kappa shape index (κ2) is 5.62. The molecule has 4 rings (SSSR count). The van der Waals surface area contributed by atoms with Crippen LogP contribution in [0.15, 0.2) is 30.3 Å². The number of fused-ring (bicyclic) bond motifs is 1. The third-order valence-electron chi connectivity index (χ3n) is 4.70. The highest BCUT2D eigenvalue weighted by Crippen LogP contribution is 2.37. The molecule has 0 unspecified atom stereocenters. The average molecular weight is 329 g/mol.